The van der Waals surface area contributed by atoms with Gasteiger partial charge < -0.3 is 4.90 Å². The number of sulfonamides is 1. The quantitative estimate of drug-likeness (QED) is 0.729. The van der Waals surface area contributed by atoms with E-state index in [0.717, 1.165) is 28.3 Å². The average molecular weight is 394 g/mol. The number of carbonyl (C=O) groups is 1. The predicted octanol–water partition coefficient (Wildman–Crippen LogP) is 3.94. The van der Waals surface area contributed by atoms with Gasteiger partial charge in [0, 0.05) is 25.2 Å². The molecule has 0 aromatic heterocycles. The van der Waals surface area contributed by atoms with Crippen molar-refractivity contribution in [2.45, 2.75) is 31.2 Å². The number of nitrogens with one attached hydrogen (secondary N) is 1. The fraction of sp³-hybridized carbons (Fsp3) is 0.227. The molecule has 6 heteroatoms. The van der Waals surface area contributed by atoms with Crippen LogP contribution in [-0.4, -0.2) is 25.8 Å². The lowest BCUT2D eigenvalue weighted by molar-refractivity contribution is -0.131. The fourth-order valence-electron chi connectivity index (χ4n) is 3.61. The highest BCUT2D eigenvalue weighted by atomic mass is 32.2. The number of amides is 1. The van der Waals surface area contributed by atoms with E-state index in [0.29, 0.717) is 25.2 Å². The largest absolute Gasteiger partial charge is 0.338 e. The third-order valence-corrected chi connectivity index (χ3v) is 6.54. The van der Waals surface area contributed by atoms with Gasteiger partial charge in [0.05, 0.1) is 4.90 Å². The Morgan fingerprint density at radius 1 is 1.00 bits per heavy atom. The van der Waals surface area contributed by atoms with Crippen LogP contribution in [0.15, 0.2) is 65.6 Å². The van der Waals surface area contributed by atoms with E-state index < -0.39 is 10.0 Å². The highest BCUT2D eigenvalue weighted by molar-refractivity contribution is 7.92. The molecule has 3 aromatic carbocycles. The van der Waals surface area contributed by atoms with Crippen LogP contribution in [0.2, 0.25) is 0 Å². The summed E-state index contributed by atoms with van der Waals surface area (Å²) in [5, 5.41) is 1.88. The van der Waals surface area contributed by atoms with Crippen molar-refractivity contribution < 1.29 is 13.2 Å². The summed E-state index contributed by atoms with van der Waals surface area (Å²) in [6.45, 7) is 3.08. The summed E-state index contributed by atoms with van der Waals surface area (Å²) in [5.74, 6) is 0.118. The van der Waals surface area contributed by atoms with Gasteiger partial charge in [-0.1, -0.05) is 43.3 Å². The van der Waals surface area contributed by atoms with Crippen LogP contribution < -0.4 is 4.72 Å². The molecule has 4 rings (SSSR count). The molecule has 1 heterocycles. The number of anilines is 1. The molecular formula is C22H22N2O3S. The van der Waals surface area contributed by atoms with Crippen LogP contribution in [0.25, 0.3) is 10.8 Å². The summed E-state index contributed by atoms with van der Waals surface area (Å²) in [7, 11) is -3.70. The Morgan fingerprint density at radius 2 is 1.79 bits per heavy atom. The molecule has 1 aliphatic rings. The zero-order valence-corrected chi connectivity index (χ0v) is 16.5. The number of hydrogen-bond acceptors (Lipinski definition) is 3. The molecular weight excluding hydrogens is 372 g/mol. The van der Waals surface area contributed by atoms with Gasteiger partial charge in [0.1, 0.15) is 0 Å². The molecule has 28 heavy (non-hydrogen) atoms. The minimum atomic E-state index is -3.70. The van der Waals surface area contributed by atoms with Crippen LogP contribution in [-0.2, 0) is 27.8 Å². The van der Waals surface area contributed by atoms with Crippen molar-refractivity contribution in [3.63, 3.8) is 0 Å². The maximum Gasteiger partial charge on any atom is 0.261 e. The molecule has 0 fully saturated rings. The van der Waals surface area contributed by atoms with Crippen molar-refractivity contribution in [2.24, 2.45) is 0 Å². The summed E-state index contributed by atoms with van der Waals surface area (Å²) in [6.07, 6.45) is 1.27. The van der Waals surface area contributed by atoms with Crippen LogP contribution in [0.3, 0.4) is 0 Å². The van der Waals surface area contributed by atoms with Crippen LogP contribution in [0, 0.1) is 0 Å². The van der Waals surface area contributed by atoms with Crippen molar-refractivity contribution in [1.82, 2.24) is 4.90 Å². The van der Waals surface area contributed by atoms with Gasteiger partial charge in [-0.3, -0.25) is 9.52 Å². The van der Waals surface area contributed by atoms with Crippen molar-refractivity contribution in [3.8, 4) is 0 Å². The maximum absolute atomic E-state index is 12.9. The molecule has 0 radical (unpaired) electrons. The molecule has 1 N–H and O–H groups in total. The zero-order chi connectivity index (χ0) is 19.7. The third kappa shape index (κ3) is 3.60. The molecule has 0 atom stereocenters. The van der Waals surface area contributed by atoms with Crippen molar-refractivity contribution in [3.05, 3.63) is 71.8 Å². The SMILES string of the molecule is CCC(=O)N1CCc2ccc(NS(=O)(=O)c3ccc4ccccc4c3)cc2C1. The molecule has 3 aromatic rings. The highest BCUT2D eigenvalue weighted by Gasteiger charge is 2.21. The lowest BCUT2D eigenvalue weighted by Crippen LogP contribution is -2.35. The third-order valence-electron chi connectivity index (χ3n) is 5.16. The number of fused-ring (bicyclic) bond motifs is 2. The van der Waals surface area contributed by atoms with Crippen LogP contribution in [0.5, 0.6) is 0 Å². The Bertz CT molecular complexity index is 1160. The van der Waals surface area contributed by atoms with Crippen molar-refractivity contribution in [1.29, 1.82) is 0 Å². The Hall–Kier alpha value is -2.86. The molecule has 0 bridgehead atoms. The number of benzene rings is 3. The fourth-order valence-corrected chi connectivity index (χ4v) is 4.69. The van der Waals surface area contributed by atoms with E-state index in [1.54, 1.807) is 18.2 Å². The van der Waals surface area contributed by atoms with E-state index in [2.05, 4.69) is 4.72 Å². The summed E-state index contributed by atoms with van der Waals surface area (Å²) >= 11 is 0. The summed E-state index contributed by atoms with van der Waals surface area (Å²) in [4.78, 5) is 14.0. The van der Waals surface area contributed by atoms with Gasteiger partial charge in [0.25, 0.3) is 10.0 Å². The van der Waals surface area contributed by atoms with E-state index in [9.17, 15) is 13.2 Å². The summed E-state index contributed by atoms with van der Waals surface area (Å²) in [6, 6.07) is 18.3. The number of rotatable bonds is 4. The van der Waals surface area contributed by atoms with E-state index in [1.165, 1.54) is 0 Å². The Kier molecular flexibility index (Phi) is 4.81. The van der Waals surface area contributed by atoms with Crippen LogP contribution in [0.1, 0.15) is 24.5 Å². The Morgan fingerprint density at radius 3 is 2.57 bits per heavy atom. The van der Waals surface area contributed by atoms with Crippen LogP contribution in [0.4, 0.5) is 5.69 Å². The molecule has 0 saturated heterocycles. The standard InChI is InChI=1S/C22H22N2O3S/c1-2-22(25)24-12-11-17-7-9-20(13-19(17)15-24)23-28(26,27)21-10-8-16-5-3-4-6-18(16)14-21/h3-10,13-14,23H,2,11-12,15H2,1H3. The minimum absolute atomic E-state index is 0.118. The number of nitrogens with zero attached hydrogens (tertiary/aromatic N) is 1. The van der Waals surface area contributed by atoms with Gasteiger partial charge in [-0.25, -0.2) is 8.42 Å². The zero-order valence-electron chi connectivity index (χ0n) is 15.7. The first kappa shape index (κ1) is 18.5. The van der Waals surface area contributed by atoms with E-state index in [4.69, 9.17) is 0 Å². The minimum Gasteiger partial charge on any atom is -0.338 e. The molecule has 144 valence electrons. The Labute approximate surface area is 165 Å². The van der Waals surface area contributed by atoms with Crippen molar-refractivity contribution >= 4 is 32.4 Å². The van der Waals surface area contributed by atoms with Gasteiger partial charge in [-0.2, -0.15) is 0 Å². The highest BCUT2D eigenvalue weighted by Crippen LogP contribution is 2.26. The molecule has 0 spiro atoms. The number of hydrogen-bond donors (Lipinski definition) is 1. The lowest BCUT2D eigenvalue weighted by Gasteiger charge is -2.29. The molecule has 1 amide bonds. The lowest BCUT2D eigenvalue weighted by atomic mass is 9.99. The van der Waals surface area contributed by atoms with E-state index in [-0.39, 0.29) is 10.8 Å². The second kappa shape index (κ2) is 7.28. The topological polar surface area (TPSA) is 66.5 Å². The monoisotopic (exact) mass is 394 g/mol. The molecule has 0 saturated carbocycles. The molecule has 0 unspecified atom stereocenters. The van der Waals surface area contributed by atoms with Gasteiger partial charge in [0.15, 0.2) is 0 Å². The van der Waals surface area contributed by atoms with Crippen molar-refractivity contribution in [2.75, 3.05) is 11.3 Å². The van der Waals surface area contributed by atoms with Gasteiger partial charge in [-0.05, 0) is 52.6 Å². The first-order valence-corrected chi connectivity index (χ1v) is 10.9. The predicted molar refractivity (Wildman–Crippen MR) is 111 cm³/mol. The van der Waals surface area contributed by atoms with Gasteiger partial charge >= 0.3 is 0 Å². The van der Waals surface area contributed by atoms with Crippen LogP contribution >= 0.6 is 0 Å². The van der Waals surface area contributed by atoms with E-state index >= 15 is 0 Å². The first-order chi connectivity index (χ1) is 13.5. The second-order valence-corrected chi connectivity index (χ2v) is 8.70. The second-order valence-electron chi connectivity index (χ2n) is 7.02. The summed E-state index contributed by atoms with van der Waals surface area (Å²) in [5.41, 5.74) is 2.67. The average Bonchev–Trinajstić information content (AvgIpc) is 2.72. The molecule has 1 aliphatic heterocycles. The number of carbonyl (C=O) groups excluding carboxylic acids is 1. The van der Waals surface area contributed by atoms with Gasteiger partial charge in [0.2, 0.25) is 5.91 Å². The molecule has 5 nitrogen and oxygen atoms in total. The summed E-state index contributed by atoms with van der Waals surface area (Å²) < 4.78 is 28.4. The molecule has 0 aliphatic carbocycles. The Balaban J connectivity index is 1.60. The van der Waals surface area contributed by atoms with Gasteiger partial charge in [-0.15, -0.1) is 0 Å². The maximum atomic E-state index is 12.9. The van der Waals surface area contributed by atoms with E-state index in [1.807, 2.05) is 54.3 Å². The smallest absolute Gasteiger partial charge is 0.261 e. The first-order valence-electron chi connectivity index (χ1n) is 9.37. The normalized spacial score (nSPS) is 14.0.